The molecule has 0 unspecified atom stereocenters. The molecule has 6 heteroatoms. The summed E-state index contributed by atoms with van der Waals surface area (Å²) in [7, 11) is 0. The predicted octanol–water partition coefficient (Wildman–Crippen LogP) is 5.42. The Morgan fingerprint density at radius 3 is 2.19 bits per heavy atom. The van der Waals surface area contributed by atoms with Crippen molar-refractivity contribution in [2.45, 2.75) is 25.8 Å². The number of rotatable bonds is 5. The minimum atomic E-state index is -0.244. The van der Waals surface area contributed by atoms with Crippen molar-refractivity contribution in [1.82, 2.24) is 14.5 Å². The molecule has 1 saturated heterocycles. The zero-order chi connectivity index (χ0) is 21.2. The molecular weight excluding hydrogens is 409 g/mol. The van der Waals surface area contributed by atoms with E-state index in [9.17, 15) is 9.18 Å². The molecule has 0 saturated carbocycles. The van der Waals surface area contributed by atoms with E-state index in [4.69, 9.17) is 4.98 Å². The number of benzene rings is 2. The van der Waals surface area contributed by atoms with Crippen LogP contribution in [0.2, 0.25) is 0 Å². The number of thiophene rings is 1. The summed E-state index contributed by atoms with van der Waals surface area (Å²) in [4.78, 5) is 20.5. The van der Waals surface area contributed by atoms with Crippen LogP contribution in [0.15, 0.2) is 64.8 Å². The number of hydrogen-bond acceptors (Lipinski definition) is 4. The number of piperidine rings is 1. The zero-order valence-electron chi connectivity index (χ0n) is 17.3. The fourth-order valence-corrected chi connectivity index (χ4v) is 5.03. The Kier molecular flexibility index (Phi) is 5.66. The van der Waals surface area contributed by atoms with Crippen LogP contribution >= 0.6 is 11.3 Å². The molecule has 31 heavy (non-hydrogen) atoms. The number of nitrogens with zero attached hydrogens (tertiary/aromatic N) is 3. The fraction of sp³-hybridized carbons (Fsp3) is 0.280. The van der Waals surface area contributed by atoms with Gasteiger partial charge in [-0.3, -0.25) is 9.36 Å². The summed E-state index contributed by atoms with van der Waals surface area (Å²) in [6.07, 6.45) is 3.76. The van der Waals surface area contributed by atoms with Crippen LogP contribution in [0.3, 0.4) is 0 Å². The number of aromatic nitrogens is 2. The van der Waals surface area contributed by atoms with Crippen molar-refractivity contribution in [3.8, 4) is 22.5 Å². The van der Waals surface area contributed by atoms with Crippen molar-refractivity contribution < 1.29 is 4.39 Å². The lowest BCUT2D eigenvalue weighted by molar-refractivity contribution is 0.220. The van der Waals surface area contributed by atoms with Crippen LogP contribution in [0, 0.1) is 5.82 Å². The van der Waals surface area contributed by atoms with Gasteiger partial charge in [0.15, 0.2) is 0 Å². The summed E-state index contributed by atoms with van der Waals surface area (Å²) >= 11 is 1.45. The Balaban J connectivity index is 1.50. The molecule has 1 aliphatic rings. The third-order valence-electron chi connectivity index (χ3n) is 5.98. The molecule has 0 spiro atoms. The van der Waals surface area contributed by atoms with Crippen molar-refractivity contribution in [3.63, 3.8) is 0 Å². The van der Waals surface area contributed by atoms with E-state index < -0.39 is 0 Å². The van der Waals surface area contributed by atoms with Crippen LogP contribution < -0.4 is 5.56 Å². The van der Waals surface area contributed by atoms with Gasteiger partial charge in [0, 0.05) is 18.7 Å². The Hall–Kier alpha value is -2.83. The van der Waals surface area contributed by atoms with Gasteiger partial charge in [-0.25, -0.2) is 9.37 Å². The molecule has 0 radical (unpaired) electrons. The smallest absolute Gasteiger partial charge is 0.271 e. The van der Waals surface area contributed by atoms with Gasteiger partial charge in [0.05, 0.1) is 5.52 Å². The summed E-state index contributed by atoms with van der Waals surface area (Å²) in [5, 5.41) is 1.93. The third-order valence-corrected chi connectivity index (χ3v) is 6.87. The Morgan fingerprint density at radius 2 is 1.48 bits per heavy atom. The number of hydrogen-bond donors (Lipinski definition) is 0. The molecule has 158 valence electrons. The van der Waals surface area contributed by atoms with E-state index in [2.05, 4.69) is 4.90 Å². The van der Waals surface area contributed by atoms with E-state index in [1.54, 1.807) is 12.1 Å². The lowest BCUT2D eigenvalue weighted by Gasteiger charge is -2.27. The number of halogens is 1. The quantitative estimate of drug-likeness (QED) is 0.422. The summed E-state index contributed by atoms with van der Waals surface area (Å²) in [5.74, 6) is 0.463. The first-order valence-electron chi connectivity index (χ1n) is 10.8. The highest BCUT2D eigenvalue weighted by Gasteiger charge is 2.16. The molecule has 4 aromatic rings. The molecule has 4 nitrogen and oxygen atoms in total. The van der Waals surface area contributed by atoms with Gasteiger partial charge < -0.3 is 4.90 Å². The minimum absolute atomic E-state index is 0.0367. The molecule has 0 N–H and O–H groups in total. The van der Waals surface area contributed by atoms with E-state index in [-0.39, 0.29) is 11.4 Å². The minimum Gasteiger partial charge on any atom is -0.302 e. The second-order valence-electron chi connectivity index (χ2n) is 8.01. The molecule has 0 bridgehead atoms. The second-order valence-corrected chi connectivity index (χ2v) is 8.93. The van der Waals surface area contributed by atoms with Crippen LogP contribution in [0.5, 0.6) is 0 Å². The van der Waals surface area contributed by atoms with Crippen LogP contribution in [0.4, 0.5) is 4.39 Å². The molecule has 5 rings (SSSR count). The van der Waals surface area contributed by atoms with Gasteiger partial charge in [-0.15, -0.1) is 11.3 Å². The molecule has 2 aromatic carbocycles. The monoisotopic (exact) mass is 433 g/mol. The van der Waals surface area contributed by atoms with Gasteiger partial charge in [0.2, 0.25) is 0 Å². The summed E-state index contributed by atoms with van der Waals surface area (Å²) in [6, 6.07) is 16.4. The number of fused-ring (bicyclic) bond motifs is 1. The molecule has 1 aliphatic heterocycles. The molecule has 0 aliphatic carbocycles. The first kappa shape index (κ1) is 20.1. The topological polar surface area (TPSA) is 38.1 Å². The van der Waals surface area contributed by atoms with E-state index in [0.29, 0.717) is 17.1 Å². The third kappa shape index (κ3) is 4.18. The first-order valence-corrected chi connectivity index (χ1v) is 11.6. The van der Waals surface area contributed by atoms with Crippen LogP contribution in [0.25, 0.3) is 32.7 Å². The average Bonchev–Trinajstić information content (AvgIpc) is 3.29. The van der Waals surface area contributed by atoms with Crippen molar-refractivity contribution in [1.29, 1.82) is 0 Å². The summed E-state index contributed by atoms with van der Waals surface area (Å²) < 4.78 is 15.8. The molecular formula is C25H24FN3OS. The zero-order valence-corrected chi connectivity index (χ0v) is 18.1. The fourth-order valence-electron chi connectivity index (χ4n) is 4.25. The van der Waals surface area contributed by atoms with Crippen molar-refractivity contribution in [2.24, 2.45) is 0 Å². The standard InChI is InChI=1S/C25H24FN3OS/c26-21-10-8-19(9-11-21)18-4-6-20(7-5-18)24-27-22-12-17-31-23(22)25(30)29(24)16-15-28-13-2-1-3-14-28/h4-12,17H,1-3,13-16H2. The SMILES string of the molecule is O=c1c2sccc2nc(-c2ccc(-c3ccc(F)cc3)cc2)n1CCN1CCCCC1. The van der Waals surface area contributed by atoms with Gasteiger partial charge in [0.25, 0.3) is 5.56 Å². The summed E-state index contributed by atoms with van der Waals surface area (Å²) in [6.45, 7) is 3.70. The van der Waals surface area contributed by atoms with Crippen molar-refractivity contribution in [3.05, 3.63) is 76.1 Å². The van der Waals surface area contributed by atoms with E-state index in [0.717, 1.165) is 41.8 Å². The Bertz CT molecular complexity index is 1240. The Labute approximate surface area is 184 Å². The largest absolute Gasteiger partial charge is 0.302 e. The highest BCUT2D eigenvalue weighted by molar-refractivity contribution is 7.17. The summed E-state index contributed by atoms with van der Waals surface area (Å²) in [5.41, 5.74) is 3.66. The lowest BCUT2D eigenvalue weighted by atomic mass is 10.0. The van der Waals surface area contributed by atoms with E-state index >= 15 is 0 Å². The van der Waals surface area contributed by atoms with Gasteiger partial charge in [-0.05, 0) is 60.6 Å². The maximum atomic E-state index is 13.3. The number of likely N-dealkylation sites (tertiary alicyclic amines) is 1. The lowest BCUT2D eigenvalue weighted by Crippen LogP contribution is -2.35. The highest BCUT2D eigenvalue weighted by atomic mass is 32.1. The van der Waals surface area contributed by atoms with Gasteiger partial charge in [0.1, 0.15) is 16.3 Å². The van der Waals surface area contributed by atoms with Crippen molar-refractivity contribution in [2.75, 3.05) is 19.6 Å². The van der Waals surface area contributed by atoms with Crippen LogP contribution in [-0.2, 0) is 6.54 Å². The Morgan fingerprint density at radius 1 is 0.839 bits per heavy atom. The average molecular weight is 434 g/mol. The molecule has 1 fully saturated rings. The second kappa shape index (κ2) is 8.73. The van der Waals surface area contributed by atoms with Crippen LogP contribution in [-0.4, -0.2) is 34.1 Å². The first-order chi connectivity index (χ1) is 15.2. The van der Waals surface area contributed by atoms with E-state index in [1.807, 2.05) is 40.3 Å². The predicted molar refractivity (Wildman–Crippen MR) is 125 cm³/mol. The highest BCUT2D eigenvalue weighted by Crippen LogP contribution is 2.26. The van der Waals surface area contributed by atoms with Crippen molar-refractivity contribution >= 4 is 21.6 Å². The molecule has 2 aromatic heterocycles. The van der Waals surface area contributed by atoms with Gasteiger partial charge in [-0.1, -0.05) is 42.8 Å². The molecule has 3 heterocycles. The van der Waals surface area contributed by atoms with Gasteiger partial charge >= 0.3 is 0 Å². The van der Waals surface area contributed by atoms with Gasteiger partial charge in [-0.2, -0.15) is 0 Å². The van der Waals surface area contributed by atoms with E-state index in [1.165, 1.54) is 42.7 Å². The molecule has 0 atom stereocenters. The van der Waals surface area contributed by atoms with Crippen LogP contribution in [0.1, 0.15) is 19.3 Å². The maximum Gasteiger partial charge on any atom is 0.271 e. The maximum absolute atomic E-state index is 13.3. The molecule has 0 amide bonds. The normalized spacial score (nSPS) is 14.9.